The Morgan fingerprint density at radius 3 is 2.50 bits per heavy atom. The van der Waals surface area contributed by atoms with E-state index in [0.717, 1.165) is 57.3 Å². The molecule has 2 N–H and O–H groups in total. The summed E-state index contributed by atoms with van der Waals surface area (Å²) in [6, 6.07) is 7.30. The third-order valence-electron chi connectivity index (χ3n) is 8.53. The number of nitrogens with one attached hydrogen (secondary N) is 1. The highest BCUT2D eigenvalue weighted by Crippen LogP contribution is 2.55. The number of hydrogen-bond acceptors (Lipinski definition) is 6. The van der Waals surface area contributed by atoms with Gasteiger partial charge >= 0.3 is 0 Å². The van der Waals surface area contributed by atoms with Crippen molar-refractivity contribution in [1.29, 1.82) is 0 Å². The van der Waals surface area contributed by atoms with Crippen molar-refractivity contribution in [3.05, 3.63) is 24.3 Å². The van der Waals surface area contributed by atoms with Gasteiger partial charge in [-0.25, -0.2) is 5.06 Å². The van der Waals surface area contributed by atoms with Crippen molar-refractivity contribution in [2.45, 2.75) is 57.4 Å². The van der Waals surface area contributed by atoms with Gasteiger partial charge in [0.05, 0.1) is 25.7 Å². The van der Waals surface area contributed by atoms with Crippen LogP contribution in [0.1, 0.15) is 51.4 Å². The van der Waals surface area contributed by atoms with Gasteiger partial charge in [-0.1, -0.05) is 25.7 Å². The van der Waals surface area contributed by atoms with Crippen LogP contribution in [0.2, 0.25) is 0 Å². The summed E-state index contributed by atoms with van der Waals surface area (Å²) in [7, 11) is 0. The maximum atomic E-state index is 13.8. The van der Waals surface area contributed by atoms with Crippen molar-refractivity contribution < 1.29 is 24.3 Å². The van der Waals surface area contributed by atoms with Crippen LogP contribution in [0.5, 0.6) is 0 Å². The van der Waals surface area contributed by atoms with Crippen molar-refractivity contribution >= 4 is 29.6 Å². The van der Waals surface area contributed by atoms with Gasteiger partial charge in [0, 0.05) is 31.0 Å². The number of carbonyl (C=O) groups excluding carboxylic acids is 3. The molecule has 0 radical (unpaired) electrons. The zero-order valence-electron chi connectivity index (χ0n) is 20.9. The van der Waals surface area contributed by atoms with Crippen molar-refractivity contribution in [3.63, 3.8) is 0 Å². The van der Waals surface area contributed by atoms with Crippen LogP contribution in [0, 0.1) is 17.3 Å². The number of hydroxylamine groups is 2. The van der Waals surface area contributed by atoms with Gasteiger partial charge in [-0.15, -0.1) is 0 Å². The van der Waals surface area contributed by atoms with E-state index in [-0.39, 0.29) is 23.8 Å². The van der Waals surface area contributed by atoms with Crippen molar-refractivity contribution in [1.82, 2.24) is 9.96 Å². The number of anilines is 2. The first-order valence-corrected chi connectivity index (χ1v) is 13.4. The molecule has 2 heterocycles. The minimum atomic E-state index is -0.534. The standard InChI is InChI=1S/C27H38N4O5/c32-19-30(35)17-21(15-20-3-1-2-4-20)26(34)31-18-27(9-10-27)16-24(31)25(33)28-22-5-7-23(8-6-22)29-11-13-36-14-12-29/h5-8,19-21,24,35H,1-4,9-18H2,(H,28,33)/t21-,24+/m1/s1. The molecule has 1 spiro atoms. The third kappa shape index (κ3) is 5.67. The smallest absolute Gasteiger partial charge is 0.247 e. The van der Waals surface area contributed by atoms with E-state index in [2.05, 4.69) is 10.2 Å². The van der Waals surface area contributed by atoms with E-state index in [9.17, 15) is 19.6 Å². The summed E-state index contributed by atoms with van der Waals surface area (Å²) < 4.78 is 5.42. The molecule has 0 bridgehead atoms. The van der Waals surface area contributed by atoms with Crippen molar-refractivity contribution in [3.8, 4) is 0 Å². The van der Waals surface area contributed by atoms with E-state index in [1.54, 1.807) is 4.90 Å². The van der Waals surface area contributed by atoms with E-state index in [1.165, 1.54) is 0 Å². The van der Waals surface area contributed by atoms with Gasteiger partial charge in [0.2, 0.25) is 18.2 Å². The second-order valence-electron chi connectivity index (χ2n) is 11.1. The minimum Gasteiger partial charge on any atom is -0.378 e. The number of hydrogen-bond donors (Lipinski definition) is 2. The molecule has 1 aromatic carbocycles. The predicted octanol–water partition coefficient (Wildman–Crippen LogP) is 2.89. The zero-order valence-corrected chi connectivity index (χ0v) is 20.9. The van der Waals surface area contributed by atoms with E-state index < -0.39 is 12.0 Å². The summed E-state index contributed by atoms with van der Waals surface area (Å²) in [5, 5.41) is 13.5. The number of rotatable bonds is 9. The molecular formula is C27H38N4O5. The lowest BCUT2D eigenvalue weighted by molar-refractivity contribution is -0.158. The average Bonchev–Trinajstić information content (AvgIpc) is 3.27. The van der Waals surface area contributed by atoms with Gasteiger partial charge in [-0.2, -0.15) is 0 Å². The fraction of sp³-hybridized carbons (Fsp3) is 0.667. The molecule has 5 rings (SSSR count). The molecule has 2 saturated heterocycles. The first-order valence-electron chi connectivity index (χ1n) is 13.4. The Balaban J connectivity index is 1.27. The van der Waals surface area contributed by atoms with Gasteiger partial charge in [-0.3, -0.25) is 19.6 Å². The van der Waals surface area contributed by atoms with Gasteiger partial charge in [0.1, 0.15) is 6.04 Å². The van der Waals surface area contributed by atoms with Crippen LogP contribution in [0.3, 0.4) is 0 Å². The Morgan fingerprint density at radius 2 is 1.86 bits per heavy atom. The predicted molar refractivity (Wildman–Crippen MR) is 135 cm³/mol. The highest BCUT2D eigenvalue weighted by Gasteiger charge is 2.55. The fourth-order valence-electron chi connectivity index (χ4n) is 6.27. The van der Waals surface area contributed by atoms with Gasteiger partial charge in [0.15, 0.2) is 0 Å². The van der Waals surface area contributed by atoms with E-state index in [4.69, 9.17) is 4.74 Å². The second-order valence-corrected chi connectivity index (χ2v) is 11.1. The topological polar surface area (TPSA) is 102 Å². The molecule has 9 heteroatoms. The molecule has 2 aliphatic carbocycles. The molecule has 0 unspecified atom stereocenters. The highest BCUT2D eigenvalue weighted by atomic mass is 16.5. The van der Waals surface area contributed by atoms with Gasteiger partial charge in [-0.05, 0) is 61.3 Å². The lowest BCUT2D eigenvalue weighted by atomic mass is 9.91. The molecule has 36 heavy (non-hydrogen) atoms. The summed E-state index contributed by atoms with van der Waals surface area (Å²) >= 11 is 0. The van der Waals surface area contributed by atoms with Crippen molar-refractivity contribution in [2.24, 2.45) is 17.3 Å². The van der Waals surface area contributed by atoms with Gasteiger partial charge in [0.25, 0.3) is 0 Å². The number of benzene rings is 1. The van der Waals surface area contributed by atoms with Gasteiger partial charge < -0.3 is 19.9 Å². The van der Waals surface area contributed by atoms with E-state index in [1.807, 2.05) is 24.3 Å². The lowest BCUT2D eigenvalue weighted by Gasteiger charge is -2.30. The third-order valence-corrected chi connectivity index (χ3v) is 8.53. The summed E-state index contributed by atoms with van der Waals surface area (Å²) in [5.41, 5.74) is 1.86. The first-order chi connectivity index (χ1) is 17.5. The molecule has 4 fully saturated rings. The Hall–Kier alpha value is -2.65. The zero-order chi connectivity index (χ0) is 25.1. The number of carbonyl (C=O) groups is 3. The molecule has 2 atom stereocenters. The summed E-state index contributed by atoms with van der Waals surface area (Å²) in [5.74, 6) is -0.356. The Labute approximate surface area is 212 Å². The quantitative estimate of drug-likeness (QED) is 0.308. The SMILES string of the molecule is O=CN(O)C[C@@H](CC1CCCC1)C(=O)N1CC2(CC2)C[C@H]1C(=O)Nc1ccc(N2CCOCC2)cc1. The normalized spacial score (nSPS) is 24.1. The molecule has 196 valence electrons. The number of morpholine rings is 1. The molecule has 3 amide bonds. The Kier molecular flexibility index (Phi) is 7.48. The monoisotopic (exact) mass is 498 g/mol. The average molecular weight is 499 g/mol. The Morgan fingerprint density at radius 1 is 1.17 bits per heavy atom. The van der Waals surface area contributed by atoms with Crippen LogP contribution in [-0.2, 0) is 19.1 Å². The van der Waals surface area contributed by atoms with E-state index >= 15 is 0 Å². The van der Waals surface area contributed by atoms with Crippen LogP contribution in [0.15, 0.2) is 24.3 Å². The number of amides is 3. The number of likely N-dealkylation sites (tertiary alicyclic amines) is 1. The Bertz CT molecular complexity index is 938. The molecule has 2 aliphatic heterocycles. The highest BCUT2D eigenvalue weighted by molar-refractivity contribution is 5.98. The molecule has 9 nitrogen and oxygen atoms in total. The molecule has 4 aliphatic rings. The lowest BCUT2D eigenvalue weighted by Crippen LogP contribution is -2.48. The maximum absolute atomic E-state index is 13.8. The number of nitrogens with zero attached hydrogens (tertiary/aromatic N) is 3. The maximum Gasteiger partial charge on any atom is 0.247 e. The largest absolute Gasteiger partial charge is 0.378 e. The molecule has 1 aromatic rings. The molecular weight excluding hydrogens is 460 g/mol. The number of ether oxygens (including phenoxy) is 1. The first kappa shape index (κ1) is 25.0. The second kappa shape index (κ2) is 10.8. The van der Waals surface area contributed by atoms with E-state index in [0.29, 0.717) is 55.7 Å². The molecule has 0 aromatic heterocycles. The van der Waals surface area contributed by atoms with Crippen LogP contribution in [0.4, 0.5) is 11.4 Å². The van der Waals surface area contributed by atoms with Crippen LogP contribution in [-0.4, -0.2) is 78.8 Å². The minimum absolute atomic E-state index is 0.0281. The fourth-order valence-corrected chi connectivity index (χ4v) is 6.27. The van der Waals surface area contributed by atoms with Crippen LogP contribution >= 0.6 is 0 Å². The van der Waals surface area contributed by atoms with Crippen LogP contribution < -0.4 is 10.2 Å². The summed E-state index contributed by atoms with van der Waals surface area (Å²) in [4.78, 5) is 42.3. The molecule has 2 saturated carbocycles. The van der Waals surface area contributed by atoms with Crippen LogP contribution in [0.25, 0.3) is 0 Å². The summed E-state index contributed by atoms with van der Waals surface area (Å²) in [6.45, 7) is 3.69. The van der Waals surface area contributed by atoms with Crippen molar-refractivity contribution in [2.75, 3.05) is 49.6 Å². The summed E-state index contributed by atoms with van der Waals surface area (Å²) in [6.07, 6.45) is 8.19.